The van der Waals surface area contributed by atoms with Crippen LogP contribution in [0.4, 0.5) is 4.39 Å². The molecule has 0 saturated carbocycles. The van der Waals surface area contributed by atoms with Crippen LogP contribution < -0.4 is 10.1 Å². The highest BCUT2D eigenvalue weighted by atomic mass is 19.1. The van der Waals surface area contributed by atoms with E-state index in [1.807, 2.05) is 7.05 Å². The van der Waals surface area contributed by atoms with Crippen LogP contribution in [-0.4, -0.2) is 20.7 Å². The summed E-state index contributed by atoms with van der Waals surface area (Å²) in [6.07, 6.45) is 0.732. The Morgan fingerprint density at radius 1 is 1.47 bits per heavy atom. The third kappa shape index (κ3) is 3.26. The molecule has 0 saturated heterocycles. The summed E-state index contributed by atoms with van der Waals surface area (Å²) in [5.74, 6) is 5.67. The van der Waals surface area contributed by atoms with Crippen LogP contribution in [0.15, 0.2) is 18.2 Å². The van der Waals surface area contributed by atoms with Gasteiger partial charge in [0, 0.05) is 13.0 Å². The van der Waals surface area contributed by atoms with Crippen molar-refractivity contribution in [2.24, 2.45) is 0 Å². The zero-order valence-corrected chi connectivity index (χ0v) is 8.93. The minimum Gasteiger partial charge on any atom is -0.492 e. The van der Waals surface area contributed by atoms with Crippen molar-refractivity contribution in [2.45, 2.75) is 6.42 Å². The standard InChI is InChI=1S/C12H14FNO/c1-14-9-4-3-6-10-7-5-8-11(13)12(10)15-2/h5,7-8,14H,4,9H2,1-2H3. The third-order valence-electron chi connectivity index (χ3n) is 1.89. The number of ether oxygens (including phenoxy) is 1. The normalized spacial score (nSPS) is 9.27. The Balaban J connectivity index is 2.83. The number of rotatable bonds is 3. The molecule has 0 fully saturated rings. The summed E-state index contributed by atoms with van der Waals surface area (Å²) in [5.41, 5.74) is 0.591. The van der Waals surface area contributed by atoms with Crippen molar-refractivity contribution < 1.29 is 9.13 Å². The highest BCUT2D eigenvalue weighted by molar-refractivity contribution is 5.46. The Bertz CT molecular complexity index is 379. The quantitative estimate of drug-likeness (QED) is 0.602. The number of hydrogen-bond acceptors (Lipinski definition) is 2. The molecular weight excluding hydrogens is 193 g/mol. The van der Waals surface area contributed by atoms with E-state index in [4.69, 9.17) is 4.74 Å². The van der Waals surface area contributed by atoms with Crippen molar-refractivity contribution in [1.29, 1.82) is 0 Å². The lowest BCUT2D eigenvalue weighted by Gasteiger charge is -2.03. The van der Waals surface area contributed by atoms with Crippen molar-refractivity contribution in [3.8, 4) is 17.6 Å². The molecule has 0 radical (unpaired) electrons. The van der Waals surface area contributed by atoms with Gasteiger partial charge in [-0.05, 0) is 19.2 Å². The molecule has 15 heavy (non-hydrogen) atoms. The van der Waals surface area contributed by atoms with E-state index in [1.54, 1.807) is 12.1 Å². The van der Waals surface area contributed by atoms with Crippen LogP contribution in [0.3, 0.4) is 0 Å². The van der Waals surface area contributed by atoms with Crippen LogP contribution in [0.1, 0.15) is 12.0 Å². The second-order valence-electron chi connectivity index (χ2n) is 2.98. The van der Waals surface area contributed by atoms with Gasteiger partial charge in [0.2, 0.25) is 0 Å². The SMILES string of the molecule is CNCCC#Cc1cccc(F)c1OC. The molecule has 0 aromatic heterocycles. The van der Waals surface area contributed by atoms with Gasteiger partial charge >= 0.3 is 0 Å². The molecule has 0 bridgehead atoms. The van der Waals surface area contributed by atoms with Crippen LogP contribution in [-0.2, 0) is 0 Å². The number of hydrogen-bond donors (Lipinski definition) is 1. The summed E-state index contributed by atoms with van der Waals surface area (Å²) in [6.45, 7) is 0.824. The van der Waals surface area contributed by atoms with E-state index in [-0.39, 0.29) is 11.6 Å². The van der Waals surface area contributed by atoms with E-state index in [0.717, 1.165) is 13.0 Å². The largest absolute Gasteiger partial charge is 0.492 e. The lowest BCUT2D eigenvalue weighted by atomic mass is 10.2. The Morgan fingerprint density at radius 3 is 2.93 bits per heavy atom. The van der Waals surface area contributed by atoms with Crippen molar-refractivity contribution in [3.05, 3.63) is 29.6 Å². The van der Waals surface area contributed by atoms with Crippen molar-refractivity contribution in [3.63, 3.8) is 0 Å². The highest BCUT2D eigenvalue weighted by Crippen LogP contribution is 2.20. The Kier molecular flexibility index (Phi) is 4.65. The molecule has 0 amide bonds. The van der Waals surface area contributed by atoms with Gasteiger partial charge in [-0.3, -0.25) is 0 Å². The summed E-state index contributed by atoms with van der Waals surface area (Å²) >= 11 is 0. The van der Waals surface area contributed by atoms with Gasteiger partial charge in [0.15, 0.2) is 11.6 Å². The van der Waals surface area contributed by atoms with Gasteiger partial charge in [-0.1, -0.05) is 17.9 Å². The lowest BCUT2D eigenvalue weighted by Crippen LogP contribution is -2.05. The second-order valence-corrected chi connectivity index (χ2v) is 2.98. The monoisotopic (exact) mass is 207 g/mol. The molecule has 1 rings (SSSR count). The molecule has 0 atom stereocenters. The van der Waals surface area contributed by atoms with Gasteiger partial charge in [-0.2, -0.15) is 0 Å². The topological polar surface area (TPSA) is 21.3 Å². The van der Waals surface area contributed by atoms with Gasteiger partial charge < -0.3 is 10.1 Å². The van der Waals surface area contributed by atoms with Crippen LogP contribution in [0, 0.1) is 17.7 Å². The zero-order chi connectivity index (χ0) is 11.1. The minimum atomic E-state index is -0.377. The Labute approximate surface area is 89.4 Å². The molecule has 0 aliphatic heterocycles. The van der Waals surface area contributed by atoms with Crippen LogP contribution >= 0.6 is 0 Å². The average Bonchev–Trinajstić information content (AvgIpc) is 2.24. The minimum absolute atomic E-state index is 0.217. The first-order chi connectivity index (χ1) is 7.29. The predicted molar refractivity (Wildman–Crippen MR) is 58.4 cm³/mol. The molecule has 0 unspecified atom stereocenters. The molecule has 2 nitrogen and oxygen atoms in total. The van der Waals surface area contributed by atoms with E-state index in [1.165, 1.54) is 13.2 Å². The zero-order valence-electron chi connectivity index (χ0n) is 8.93. The second kappa shape index (κ2) is 6.05. The first-order valence-electron chi connectivity index (χ1n) is 4.75. The first-order valence-corrected chi connectivity index (χ1v) is 4.75. The lowest BCUT2D eigenvalue weighted by molar-refractivity contribution is 0.385. The van der Waals surface area contributed by atoms with Gasteiger partial charge in [0.05, 0.1) is 12.7 Å². The molecule has 0 aliphatic rings. The Hall–Kier alpha value is -1.53. The number of halogens is 1. The first kappa shape index (κ1) is 11.5. The Morgan fingerprint density at radius 2 is 2.27 bits per heavy atom. The predicted octanol–water partition coefficient (Wildman–Crippen LogP) is 1.80. The number of benzene rings is 1. The number of para-hydroxylation sites is 1. The highest BCUT2D eigenvalue weighted by Gasteiger charge is 2.05. The molecular formula is C12H14FNO. The van der Waals surface area contributed by atoms with Crippen molar-refractivity contribution in [1.82, 2.24) is 5.32 Å². The summed E-state index contributed by atoms with van der Waals surface area (Å²) < 4.78 is 18.2. The van der Waals surface area contributed by atoms with E-state index in [0.29, 0.717) is 5.56 Å². The van der Waals surface area contributed by atoms with Gasteiger partial charge in [0.25, 0.3) is 0 Å². The van der Waals surface area contributed by atoms with Gasteiger partial charge in [-0.15, -0.1) is 0 Å². The molecule has 1 aromatic carbocycles. The molecule has 1 N–H and O–H groups in total. The van der Waals surface area contributed by atoms with Crippen LogP contribution in [0.5, 0.6) is 5.75 Å². The fraction of sp³-hybridized carbons (Fsp3) is 0.333. The summed E-state index contributed by atoms with van der Waals surface area (Å²) in [5, 5.41) is 2.99. The molecule has 0 aliphatic carbocycles. The van der Waals surface area contributed by atoms with E-state index >= 15 is 0 Å². The average molecular weight is 207 g/mol. The molecule has 0 heterocycles. The van der Waals surface area contributed by atoms with Crippen LogP contribution in [0.2, 0.25) is 0 Å². The smallest absolute Gasteiger partial charge is 0.170 e. The van der Waals surface area contributed by atoms with Gasteiger partial charge in [0.1, 0.15) is 0 Å². The van der Waals surface area contributed by atoms with E-state index in [2.05, 4.69) is 17.2 Å². The fourth-order valence-corrected chi connectivity index (χ4v) is 1.16. The van der Waals surface area contributed by atoms with Crippen molar-refractivity contribution in [2.75, 3.05) is 20.7 Å². The number of methoxy groups -OCH3 is 1. The molecule has 80 valence electrons. The summed E-state index contributed by atoms with van der Waals surface area (Å²) in [6, 6.07) is 4.73. The summed E-state index contributed by atoms with van der Waals surface area (Å²) in [7, 11) is 3.31. The third-order valence-corrected chi connectivity index (χ3v) is 1.89. The van der Waals surface area contributed by atoms with E-state index < -0.39 is 0 Å². The summed E-state index contributed by atoms with van der Waals surface area (Å²) in [4.78, 5) is 0. The number of nitrogens with one attached hydrogen (secondary N) is 1. The maximum absolute atomic E-state index is 13.2. The van der Waals surface area contributed by atoms with Gasteiger partial charge in [-0.25, -0.2) is 4.39 Å². The maximum Gasteiger partial charge on any atom is 0.170 e. The molecule has 3 heteroatoms. The molecule has 0 spiro atoms. The van der Waals surface area contributed by atoms with E-state index in [9.17, 15) is 4.39 Å². The van der Waals surface area contributed by atoms with Crippen molar-refractivity contribution >= 4 is 0 Å². The fourth-order valence-electron chi connectivity index (χ4n) is 1.16. The maximum atomic E-state index is 13.2. The van der Waals surface area contributed by atoms with Crippen LogP contribution in [0.25, 0.3) is 0 Å². The molecule has 1 aromatic rings.